The van der Waals surface area contributed by atoms with Crippen molar-refractivity contribution in [2.45, 2.75) is 31.7 Å². The summed E-state index contributed by atoms with van der Waals surface area (Å²) in [5.74, 6) is -0.0738. The van der Waals surface area contributed by atoms with Gasteiger partial charge in [0.15, 0.2) is 0 Å². The van der Waals surface area contributed by atoms with Crippen LogP contribution in [0.25, 0.3) is 0 Å². The summed E-state index contributed by atoms with van der Waals surface area (Å²) in [4.78, 5) is 10.8. The average molecular weight is 233 g/mol. The highest BCUT2D eigenvalue weighted by Gasteiger charge is 2.35. The van der Waals surface area contributed by atoms with E-state index in [0.717, 1.165) is 5.57 Å². The minimum atomic E-state index is -0.632. The van der Waals surface area contributed by atoms with Crippen molar-refractivity contribution in [3.8, 4) is 5.75 Å². The van der Waals surface area contributed by atoms with Gasteiger partial charge in [0, 0.05) is 16.9 Å². The monoisotopic (exact) mass is 233 g/mol. The van der Waals surface area contributed by atoms with E-state index in [2.05, 4.69) is 0 Å². The van der Waals surface area contributed by atoms with Gasteiger partial charge in [0.1, 0.15) is 5.75 Å². The van der Waals surface area contributed by atoms with E-state index in [-0.39, 0.29) is 16.6 Å². The number of para-hydroxylation sites is 1. The number of allylic oxidation sites excluding steroid dienone is 1. The first-order chi connectivity index (χ1) is 8.09. The Bertz CT molecular complexity index is 467. The number of aromatic hydroxyl groups is 1. The maximum atomic E-state index is 11.1. The Labute approximate surface area is 99.7 Å². The van der Waals surface area contributed by atoms with Gasteiger partial charge in [0.05, 0.1) is 5.92 Å². The van der Waals surface area contributed by atoms with Gasteiger partial charge in [-0.1, -0.05) is 29.8 Å². The quantitative estimate of drug-likeness (QED) is 0.485. The molecule has 1 aliphatic carbocycles. The highest BCUT2D eigenvalue weighted by Crippen LogP contribution is 2.38. The zero-order valence-electron chi connectivity index (χ0n) is 9.67. The van der Waals surface area contributed by atoms with Crippen LogP contribution in [0.1, 0.15) is 31.2 Å². The molecule has 4 heteroatoms. The third-order valence-electron chi connectivity index (χ3n) is 3.32. The molecular weight excluding hydrogens is 218 g/mol. The van der Waals surface area contributed by atoms with Gasteiger partial charge in [-0.25, -0.2) is 0 Å². The van der Waals surface area contributed by atoms with Gasteiger partial charge in [-0.15, -0.1) is 0 Å². The van der Waals surface area contributed by atoms with Crippen molar-refractivity contribution in [3.05, 3.63) is 51.6 Å². The van der Waals surface area contributed by atoms with Crippen LogP contribution in [0.4, 0.5) is 0 Å². The minimum Gasteiger partial charge on any atom is -0.508 e. The number of hydrogen-bond donors (Lipinski definition) is 1. The maximum absolute atomic E-state index is 11.1. The van der Waals surface area contributed by atoms with Gasteiger partial charge in [0.2, 0.25) is 6.04 Å². The number of phenolic OH excluding ortho intramolecular Hbond substituents is 1. The van der Waals surface area contributed by atoms with Crippen molar-refractivity contribution in [2.75, 3.05) is 0 Å². The molecular formula is C13H15NO3. The molecule has 0 fully saturated rings. The lowest BCUT2D eigenvalue weighted by Crippen LogP contribution is -2.29. The summed E-state index contributed by atoms with van der Waals surface area (Å²) >= 11 is 0. The van der Waals surface area contributed by atoms with Gasteiger partial charge in [-0.2, -0.15) is 0 Å². The molecule has 1 aromatic carbocycles. The number of nitro groups is 1. The third kappa shape index (κ3) is 2.30. The van der Waals surface area contributed by atoms with Gasteiger partial charge in [-0.3, -0.25) is 10.1 Å². The second-order valence-corrected chi connectivity index (χ2v) is 4.51. The first kappa shape index (κ1) is 11.6. The molecule has 2 rings (SSSR count). The molecule has 90 valence electrons. The number of benzene rings is 1. The molecule has 2 atom stereocenters. The van der Waals surface area contributed by atoms with Crippen LogP contribution >= 0.6 is 0 Å². The Morgan fingerprint density at radius 2 is 2.12 bits per heavy atom. The Morgan fingerprint density at radius 3 is 2.76 bits per heavy atom. The van der Waals surface area contributed by atoms with Gasteiger partial charge in [-0.05, 0) is 19.4 Å². The minimum absolute atomic E-state index is 0.152. The summed E-state index contributed by atoms with van der Waals surface area (Å²) in [5, 5.41) is 20.9. The van der Waals surface area contributed by atoms with Gasteiger partial charge < -0.3 is 5.11 Å². The number of rotatable bonds is 2. The predicted molar refractivity (Wildman–Crippen MR) is 64.6 cm³/mol. The summed E-state index contributed by atoms with van der Waals surface area (Å²) in [6, 6.07) is 6.26. The molecule has 0 aromatic heterocycles. The Hall–Kier alpha value is -1.84. The lowest BCUT2D eigenvalue weighted by molar-refractivity contribution is -0.526. The van der Waals surface area contributed by atoms with E-state index in [0.29, 0.717) is 18.4 Å². The van der Waals surface area contributed by atoms with Crippen LogP contribution < -0.4 is 0 Å². The Morgan fingerprint density at radius 1 is 1.41 bits per heavy atom. The first-order valence-electron chi connectivity index (χ1n) is 5.66. The SMILES string of the molecule is CC1=CC[C@@H]([N+](=O)[O-])[C@H](c2ccccc2O)C1. The van der Waals surface area contributed by atoms with Crippen molar-refractivity contribution in [1.29, 1.82) is 0 Å². The molecule has 0 unspecified atom stereocenters. The van der Waals surface area contributed by atoms with E-state index < -0.39 is 6.04 Å². The van der Waals surface area contributed by atoms with Crippen LogP contribution in [-0.4, -0.2) is 16.1 Å². The number of hydrogen-bond acceptors (Lipinski definition) is 3. The highest BCUT2D eigenvalue weighted by atomic mass is 16.6. The third-order valence-corrected chi connectivity index (χ3v) is 3.32. The summed E-state index contributed by atoms with van der Waals surface area (Å²) in [5.41, 5.74) is 1.83. The fourth-order valence-corrected chi connectivity index (χ4v) is 2.40. The first-order valence-corrected chi connectivity index (χ1v) is 5.66. The largest absolute Gasteiger partial charge is 0.508 e. The molecule has 0 amide bonds. The smallest absolute Gasteiger partial charge is 0.223 e. The summed E-state index contributed by atoms with van der Waals surface area (Å²) < 4.78 is 0. The fourth-order valence-electron chi connectivity index (χ4n) is 2.40. The van der Waals surface area contributed by atoms with Gasteiger partial charge in [0.25, 0.3) is 0 Å². The second-order valence-electron chi connectivity index (χ2n) is 4.51. The zero-order valence-corrected chi connectivity index (χ0v) is 9.67. The van der Waals surface area contributed by atoms with E-state index in [1.54, 1.807) is 24.3 Å². The highest BCUT2D eigenvalue weighted by molar-refractivity contribution is 5.37. The molecule has 0 bridgehead atoms. The van der Waals surface area contributed by atoms with Crippen LogP contribution in [0.2, 0.25) is 0 Å². The van der Waals surface area contributed by atoms with Crippen LogP contribution in [0, 0.1) is 10.1 Å². The molecule has 0 saturated heterocycles. The van der Waals surface area contributed by atoms with E-state index in [9.17, 15) is 15.2 Å². The van der Waals surface area contributed by atoms with Crippen LogP contribution in [0.5, 0.6) is 5.75 Å². The number of nitrogens with zero attached hydrogens (tertiary/aromatic N) is 1. The van der Waals surface area contributed by atoms with Crippen LogP contribution in [-0.2, 0) is 0 Å². The predicted octanol–water partition coefficient (Wildman–Crippen LogP) is 2.86. The fraction of sp³-hybridized carbons (Fsp3) is 0.385. The van der Waals surface area contributed by atoms with E-state index in [1.807, 2.05) is 13.0 Å². The summed E-state index contributed by atoms with van der Waals surface area (Å²) in [7, 11) is 0. The molecule has 4 nitrogen and oxygen atoms in total. The maximum Gasteiger partial charge on any atom is 0.223 e. The summed E-state index contributed by atoms with van der Waals surface area (Å²) in [6.45, 7) is 1.98. The standard InChI is InChI=1S/C13H15NO3/c1-9-6-7-12(14(16)17)11(8-9)10-4-2-3-5-13(10)15/h2-6,11-12,15H,7-8H2,1H3/t11-,12+/m0/s1. The Kier molecular flexibility index (Phi) is 3.13. The molecule has 0 saturated carbocycles. The van der Waals surface area contributed by atoms with E-state index in [4.69, 9.17) is 0 Å². The molecule has 1 N–H and O–H groups in total. The molecule has 1 aromatic rings. The van der Waals surface area contributed by atoms with Crippen molar-refractivity contribution in [2.24, 2.45) is 0 Å². The van der Waals surface area contributed by atoms with Crippen molar-refractivity contribution in [3.63, 3.8) is 0 Å². The van der Waals surface area contributed by atoms with Crippen molar-refractivity contribution in [1.82, 2.24) is 0 Å². The van der Waals surface area contributed by atoms with Gasteiger partial charge >= 0.3 is 0 Å². The number of phenols is 1. The lowest BCUT2D eigenvalue weighted by atomic mass is 9.80. The lowest BCUT2D eigenvalue weighted by Gasteiger charge is -2.25. The van der Waals surface area contributed by atoms with Crippen molar-refractivity contribution < 1.29 is 10.0 Å². The average Bonchev–Trinajstić information content (AvgIpc) is 2.29. The van der Waals surface area contributed by atoms with Crippen molar-refractivity contribution >= 4 is 0 Å². The normalized spacial score (nSPS) is 24.2. The molecule has 17 heavy (non-hydrogen) atoms. The van der Waals surface area contributed by atoms with E-state index >= 15 is 0 Å². The molecule has 0 radical (unpaired) electrons. The molecule has 0 spiro atoms. The van der Waals surface area contributed by atoms with E-state index in [1.165, 1.54) is 0 Å². The molecule has 0 heterocycles. The van der Waals surface area contributed by atoms with Crippen LogP contribution in [0.3, 0.4) is 0 Å². The molecule has 0 aliphatic heterocycles. The molecule has 1 aliphatic rings. The van der Waals surface area contributed by atoms with Crippen LogP contribution in [0.15, 0.2) is 35.9 Å². The second kappa shape index (κ2) is 4.57. The Balaban J connectivity index is 2.38. The topological polar surface area (TPSA) is 63.4 Å². The summed E-state index contributed by atoms with van der Waals surface area (Å²) in [6.07, 6.45) is 3.00. The zero-order chi connectivity index (χ0) is 12.4.